The Morgan fingerprint density at radius 3 is 2.82 bits per heavy atom. The Labute approximate surface area is 105 Å². The maximum absolute atomic E-state index is 11.7. The van der Waals surface area contributed by atoms with Gasteiger partial charge in [-0.15, -0.1) is 11.3 Å². The first kappa shape index (κ1) is 11.6. The van der Waals surface area contributed by atoms with Crippen molar-refractivity contribution in [3.63, 3.8) is 0 Å². The van der Waals surface area contributed by atoms with E-state index in [-0.39, 0.29) is 11.5 Å². The smallest absolute Gasteiger partial charge is 0.152 e. The average Bonchev–Trinajstić information content (AvgIpc) is 2.89. The highest BCUT2D eigenvalue weighted by atomic mass is 32.2. The summed E-state index contributed by atoms with van der Waals surface area (Å²) in [4.78, 5) is 6.03. The lowest BCUT2D eigenvalue weighted by Gasteiger charge is -2.24. The predicted molar refractivity (Wildman–Crippen MR) is 68.1 cm³/mol. The summed E-state index contributed by atoms with van der Waals surface area (Å²) in [5, 5.41) is 4.18. The lowest BCUT2D eigenvalue weighted by Crippen LogP contribution is -2.41. The van der Waals surface area contributed by atoms with Crippen LogP contribution in [-0.2, 0) is 28.2 Å². The Kier molecular flexibility index (Phi) is 2.57. The van der Waals surface area contributed by atoms with Gasteiger partial charge in [0.05, 0.1) is 22.7 Å². The molecule has 4 nitrogen and oxygen atoms in total. The van der Waals surface area contributed by atoms with Crippen molar-refractivity contribution in [1.82, 2.24) is 10.3 Å². The molecule has 17 heavy (non-hydrogen) atoms. The monoisotopic (exact) mass is 272 g/mol. The molecule has 94 valence electrons. The molecule has 2 aliphatic rings. The van der Waals surface area contributed by atoms with Gasteiger partial charge in [0.2, 0.25) is 0 Å². The normalized spacial score (nSPS) is 30.6. The van der Waals surface area contributed by atoms with Gasteiger partial charge < -0.3 is 5.32 Å². The maximum Gasteiger partial charge on any atom is 0.152 e. The molecule has 0 amide bonds. The molecular formula is C11H16N2O2S2. The molecule has 1 aliphatic carbocycles. The molecule has 0 spiro atoms. The summed E-state index contributed by atoms with van der Waals surface area (Å²) < 4.78 is 23.4. The van der Waals surface area contributed by atoms with E-state index in [4.69, 9.17) is 0 Å². The second kappa shape index (κ2) is 3.76. The van der Waals surface area contributed by atoms with E-state index in [0.29, 0.717) is 6.42 Å². The molecule has 1 N–H and O–H groups in total. The van der Waals surface area contributed by atoms with Crippen LogP contribution in [-0.4, -0.2) is 32.0 Å². The summed E-state index contributed by atoms with van der Waals surface area (Å²) in [6.45, 7) is 0. The molecule has 1 saturated heterocycles. The fourth-order valence-corrected chi connectivity index (χ4v) is 6.16. The van der Waals surface area contributed by atoms with E-state index in [1.807, 2.05) is 7.05 Å². The molecule has 1 aromatic rings. The third kappa shape index (κ3) is 1.82. The quantitative estimate of drug-likeness (QED) is 0.868. The van der Waals surface area contributed by atoms with Gasteiger partial charge in [0, 0.05) is 4.88 Å². The summed E-state index contributed by atoms with van der Waals surface area (Å²) in [6.07, 6.45) is 4.01. The van der Waals surface area contributed by atoms with Gasteiger partial charge in [0.1, 0.15) is 5.01 Å². The highest BCUT2D eigenvalue weighted by molar-refractivity contribution is 7.91. The number of hydrogen-bond acceptors (Lipinski definition) is 5. The van der Waals surface area contributed by atoms with Gasteiger partial charge >= 0.3 is 0 Å². The van der Waals surface area contributed by atoms with Crippen molar-refractivity contribution in [1.29, 1.82) is 0 Å². The number of rotatable bonds is 2. The van der Waals surface area contributed by atoms with Gasteiger partial charge in [0.15, 0.2) is 9.84 Å². The summed E-state index contributed by atoms with van der Waals surface area (Å²) in [6, 6.07) is 0. The SMILES string of the molecule is CNC1(c2nc3c(s2)CCC3)CCS(=O)(=O)C1. The fraction of sp³-hybridized carbons (Fsp3) is 0.727. The largest absolute Gasteiger partial charge is 0.308 e. The van der Waals surface area contributed by atoms with Crippen molar-refractivity contribution in [2.75, 3.05) is 18.6 Å². The first-order valence-electron chi connectivity index (χ1n) is 5.93. The van der Waals surface area contributed by atoms with Crippen molar-refractivity contribution in [3.8, 4) is 0 Å². The molecule has 1 unspecified atom stereocenters. The first-order valence-corrected chi connectivity index (χ1v) is 8.57. The Morgan fingerprint density at radius 2 is 2.24 bits per heavy atom. The van der Waals surface area contributed by atoms with Gasteiger partial charge in [-0.05, 0) is 32.7 Å². The van der Waals surface area contributed by atoms with Crippen LogP contribution in [0.25, 0.3) is 0 Å². The Morgan fingerprint density at radius 1 is 1.41 bits per heavy atom. The predicted octanol–water partition coefficient (Wildman–Crippen LogP) is 0.865. The summed E-state index contributed by atoms with van der Waals surface area (Å²) >= 11 is 1.71. The van der Waals surface area contributed by atoms with Gasteiger partial charge in [0.25, 0.3) is 0 Å². The van der Waals surface area contributed by atoms with Crippen LogP contribution in [0.15, 0.2) is 0 Å². The molecule has 6 heteroatoms. The molecule has 1 fully saturated rings. The molecule has 0 saturated carbocycles. The van der Waals surface area contributed by atoms with Crippen molar-refractivity contribution in [3.05, 3.63) is 15.6 Å². The zero-order valence-corrected chi connectivity index (χ0v) is 11.5. The second-order valence-corrected chi connectivity index (χ2v) is 8.18. The summed E-state index contributed by atoms with van der Waals surface area (Å²) in [5.74, 6) is 0.473. The Hall–Kier alpha value is -0.460. The zero-order chi connectivity index (χ0) is 12.1. The third-order valence-corrected chi connectivity index (χ3v) is 6.91. The molecule has 1 atom stereocenters. The number of aryl methyl sites for hydroxylation is 2. The molecule has 1 aromatic heterocycles. The zero-order valence-electron chi connectivity index (χ0n) is 9.82. The van der Waals surface area contributed by atoms with Gasteiger partial charge in [-0.1, -0.05) is 0 Å². The van der Waals surface area contributed by atoms with Crippen LogP contribution < -0.4 is 5.32 Å². The van der Waals surface area contributed by atoms with Crippen molar-refractivity contribution >= 4 is 21.2 Å². The lowest BCUT2D eigenvalue weighted by molar-refractivity contribution is 0.407. The topological polar surface area (TPSA) is 59.1 Å². The van der Waals surface area contributed by atoms with Crippen LogP contribution in [0.2, 0.25) is 0 Å². The average molecular weight is 272 g/mol. The number of fused-ring (bicyclic) bond motifs is 1. The minimum atomic E-state index is -2.90. The first-order chi connectivity index (χ1) is 8.05. The van der Waals surface area contributed by atoms with Crippen LogP contribution in [0.3, 0.4) is 0 Å². The number of nitrogens with one attached hydrogen (secondary N) is 1. The van der Waals surface area contributed by atoms with E-state index in [2.05, 4.69) is 10.3 Å². The molecule has 3 rings (SSSR count). The van der Waals surface area contributed by atoms with Crippen molar-refractivity contribution in [2.45, 2.75) is 31.2 Å². The third-order valence-electron chi connectivity index (χ3n) is 3.79. The van der Waals surface area contributed by atoms with Crippen LogP contribution in [0.5, 0.6) is 0 Å². The van der Waals surface area contributed by atoms with E-state index in [1.54, 1.807) is 11.3 Å². The van der Waals surface area contributed by atoms with Gasteiger partial charge in [-0.25, -0.2) is 13.4 Å². The number of nitrogens with zero attached hydrogens (tertiary/aromatic N) is 1. The second-order valence-electron chi connectivity index (χ2n) is 4.92. The molecule has 0 aromatic carbocycles. The van der Waals surface area contributed by atoms with Crippen molar-refractivity contribution < 1.29 is 8.42 Å². The van der Waals surface area contributed by atoms with E-state index >= 15 is 0 Å². The Balaban J connectivity index is 2.00. The van der Waals surface area contributed by atoms with Crippen LogP contribution in [0.1, 0.15) is 28.4 Å². The summed E-state index contributed by atoms with van der Waals surface area (Å²) in [5.41, 5.74) is 0.775. The highest BCUT2D eigenvalue weighted by Crippen LogP contribution is 2.38. The number of sulfone groups is 1. The number of hydrogen-bond donors (Lipinski definition) is 1. The molecule has 0 radical (unpaired) electrons. The minimum absolute atomic E-state index is 0.197. The molecule has 1 aliphatic heterocycles. The van der Waals surface area contributed by atoms with Crippen LogP contribution in [0, 0.1) is 0 Å². The van der Waals surface area contributed by atoms with Crippen LogP contribution in [0.4, 0.5) is 0 Å². The van der Waals surface area contributed by atoms with Crippen molar-refractivity contribution in [2.24, 2.45) is 0 Å². The highest BCUT2D eigenvalue weighted by Gasteiger charge is 2.45. The van der Waals surface area contributed by atoms with Crippen LogP contribution >= 0.6 is 11.3 Å². The fourth-order valence-electron chi connectivity index (χ4n) is 2.72. The van der Waals surface area contributed by atoms with E-state index in [9.17, 15) is 8.42 Å². The van der Waals surface area contributed by atoms with Gasteiger partial charge in [-0.3, -0.25) is 0 Å². The molecule has 2 heterocycles. The van der Waals surface area contributed by atoms with Gasteiger partial charge in [-0.2, -0.15) is 0 Å². The molecular weight excluding hydrogens is 256 g/mol. The summed E-state index contributed by atoms with van der Waals surface area (Å²) in [7, 11) is -1.06. The maximum atomic E-state index is 11.7. The lowest BCUT2D eigenvalue weighted by atomic mass is 10.0. The standard InChI is InChI=1S/C11H16N2O2S2/c1-12-11(5-6-17(14,15)7-11)10-13-8-3-2-4-9(8)16-10/h12H,2-7H2,1H3. The molecule has 0 bridgehead atoms. The number of thiazole rings is 1. The van der Waals surface area contributed by atoms with E-state index in [0.717, 1.165) is 17.8 Å². The minimum Gasteiger partial charge on any atom is -0.308 e. The Bertz CT molecular complexity index is 528. The van der Waals surface area contributed by atoms with E-state index in [1.165, 1.54) is 17.0 Å². The number of aromatic nitrogens is 1. The van der Waals surface area contributed by atoms with E-state index < -0.39 is 15.4 Å².